The molecule has 1 unspecified atom stereocenters. The molecule has 2 N–H and O–H groups in total. The molecule has 0 saturated carbocycles. The van der Waals surface area contributed by atoms with E-state index in [0.717, 1.165) is 0 Å². The minimum atomic E-state index is -4.72. The molecule has 0 bridgehead atoms. The van der Waals surface area contributed by atoms with Crippen LogP contribution in [0.15, 0.2) is 0 Å². The van der Waals surface area contributed by atoms with Crippen molar-refractivity contribution in [3.8, 4) is 0 Å². The lowest BCUT2D eigenvalue weighted by molar-refractivity contribution is -0.202. The van der Waals surface area contributed by atoms with Gasteiger partial charge in [0.05, 0.1) is 12.0 Å². The molecule has 0 fully saturated rings. The highest BCUT2D eigenvalue weighted by atomic mass is 35.5. The van der Waals surface area contributed by atoms with Crippen LogP contribution in [0.25, 0.3) is 0 Å². The van der Waals surface area contributed by atoms with Gasteiger partial charge >= 0.3 is 6.18 Å². The standard InChI is InChI=1S/C8H13ClF3NO2/c1-7(2,4-9)6(15)13-3-5(14)8(10,11)12/h5,14H,3-4H2,1-2H3,(H,13,15). The number of halogens is 4. The maximum Gasteiger partial charge on any atom is 0.416 e. The monoisotopic (exact) mass is 247 g/mol. The molecule has 0 radical (unpaired) electrons. The summed E-state index contributed by atoms with van der Waals surface area (Å²) in [5, 5.41) is 10.6. The first-order chi connectivity index (χ1) is 6.61. The predicted molar refractivity (Wildman–Crippen MR) is 49.6 cm³/mol. The number of aliphatic hydroxyl groups is 1. The van der Waals surface area contributed by atoms with Crippen LogP contribution in [-0.2, 0) is 4.79 Å². The number of aliphatic hydroxyl groups excluding tert-OH is 1. The number of amides is 1. The summed E-state index contributed by atoms with van der Waals surface area (Å²) in [6.45, 7) is 2.13. The van der Waals surface area contributed by atoms with E-state index in [1.165, 1.54) is 13.8 Å². The first-order valence-electron chi connectivity index (χ1n) is 4.20. The third kappa shape index (κ3) is 4.70. The van der Waals surface area contributed by atoms with E-state index in [9.17, 15) is 18.0 Å². The molecule has 0 heterocycles. The number of hydrogen-bond acceptors (Lipinski definition) is 2. The van der Waals surface area contributed by atoms with Gasteiger partial charge in [-0.1, -0.05) is 0 Å². The maximum absolute atomic E-state index is 11.9. The fraction of sp³-hybridized carbons (Fsp3) is 0.875. The summed E-state index contributed by atoms with van der Waals surface area (Å²) >= 11 is 5.45. The van der Waals surface area contributed by atoms with Crippen LogP contribution in [0.4, 0.5) is 13.2 Å². The molecule has 15 heavy (non-hydrogen) atoms. The van der Waals surface area contributed by atoms with Crippen LogP contribution < -0.4 is 5.32 Å². The fourth-order valence-electron chi connectivity index (χ4n) is 0.605. The number of carbonyl (C=O) groups excluding carboxylic acids is 1. The zero-order valence-corrected chi connectivity index (χ0v) is 9.11. The Labute approximate surface area is 90.6 Å². The molecule has 3 nitrogen and oxygen atoms in total. The second-order valence-electron chi connectivity index (χ2n) is 3.78. The second kappa shape index (κ2) is 5.03. The molecular formula is C8H13ClF3NO2. The summed E-state index contributed by atoms with van der Waals surface area (Å²) in [6.07, 6.45) is -7.27. The van der Waals surface area contributed by atoms with Crippen molar-refractivity contribution in [3.05, 3.63) is 0 Å². The highest BCUT2D eigenvalue weighted by molar-refractivity contribution is 6.19. The zero-order chi connectivity index (χ0) is 12.3. The quantitative estimate of drug-likeness (QED) is 0.736. The average Bonchev–Trinajstić information content (AvgIpc) is 2.11. The summed E-state index contributed by atoms with van der Waals surface area (Å²) in [4.78, 5) is 11.3. The zero-order valence-electron chi connectivity index (χ0n) is 8.36. The summed E-state index contributed by atoms with van der Waals surface area (Å²) in [6, 6.07) is 0. The molecule has 0 aromatic heterocycles. The van der Waals surface area contributed by atoms with Crippen molar-refractivity contribution in [1.29, 1.82) is 0 Å². The van der Waals surface area contributed by atoms with Crippen LogP contribution >= 0.6 is 11.6 Å². The van der Waals surface area contributed by atoms with Gasteiger partial charge in [-0.25, -0.2) is 0 Å². The molecule has 0 aliphatic rings. The Bertz CT molecular complexity index is 230. The third-order valence-electron chi connectivity index (χ3n) is 1.78. The van der Waals surface area contributed by atoms with E-state index in [0.29, 0.717) is 0 Å². The molecule has 0 spiro atoms. The van der Waals surface area contributed by atoms with Crippen molar-refractivity contribution < 1.29 is 23.1 Å². The Morgan fingerprint density at radius 1 is 1.47 bits per heavy atom. The van der Waals surface area contributed by atoms with Gasteiger partial charge in [-0.3, -0.25) is 4.79 Å². The van der Waals surface area contributed by atoms with E-state index in [4.69, 9.17) is 16.7 Å². The SMILES string of the molecule is CC(C)(CCl)C(=O)NCC(O)C(F)(F)F. The van der Waals surface area contributed by atoms with Gasteiger partial charge in [-0.05, 0) is 13.8 Å². The Kier molecular flexibility index (Phi) is 4.86. The molecule has 0 aliphatic heterocycles. The van der Waals surface area contributed by atoms with E-state index in [1.807, 2.05) is 5.32 Å². The van der Waals surface area contributed by atoms with Crippen LogP contribution in [0.5, 0.6) is 0 Å². The van der Waals surface area contributed by atoms with Crippen LogP contribution in [-0.4, -0.2) is 35.7 Å². The van der Waals surface area contributed by atoms with Crippen molar-refractivity contribution in [1.82, 2.24) is 5.32 Å². The number of nitrogens with one attached hydrogen (secondary N) is 1. The molecule has 0 rings (SSSR count). The van der Waals surface area contributed by atoms with Crippen LogP contribution in [0, 0.1) is 5.41 Å². The maximum atomic E-state index is 11.9. The molecular weight excluding hydrogens is 235 g/mol. The molecule has 90 valence electrons. The Hall–Kier alpha value is -0.490. The van der Waals surface area contributed by atoms with E-state index in [-0.39, 0.29) is 5.88 Å². The van der Waals surface area contributed by atoms with E-state index in [1.54, 1.807) is 0 Å². The molecule has 0 aliphatic carbocycles. The van der Waals surface area contributed by atoms with Crippen molar-refractivity contribution in [2.75, 3.05) is 12.4 Å². The third-order valence-corrected chi connectivity index (χ3v) is 2.45. The van der Waals surface area contributed by atoms with Gasteiger partial charge in [0.25, 0.3) is 0 Å². The molecule has 0 aromatic carbocycles. The van der Waals surface area contributed by atoms with Gasteiger partial charge < -0.3 is 10.4 Å². The predicted octanol–water partition coefficient (Wildman–Crippen LogP) is 1.29. The van der Waals surface area contributed by atoms with Crippen molar-refractivity contribution in [3.63, 3.8) is 0 Å². The fourth-order valence-corrected chi connectivity index (χ4v) is 0.726. The summed E-state index contributed by atoms with van der Waals surface area (Å²) in [7, 11) is 0. The highest BCUT2D eigenvalue weighted by Gasteiger charge is 2.39. The summed E-state index contributed by atoms with van der Waals surface area (Å²) in [5.41, 5.74) is -0.952. The van der Waals surface area contributed by atoms with Gasteiger partial charge in [0.15, 0.2) is 6.10 Å². The average molecular weight is 248 g/mol. The van der Waals surface area contributed by atoms with E-state index >= 15 is 0 Å². The Morgan fingerprint density at radius 2 is 1.93 bits per heavy atom. The van der Waals surface area contributed by atoms with Crippen molar-refractivity contribution >= 4 is 17.5 Å². The number of hydrogen-bond donors (Lipinski definition) is 2. The largest absolute Gasteiger partial charge is 0.416 e. The highest BCUT2D eigenvalue weighted by Crippen LogP contribution is 2.20. The lowest BCUT2D eigenvalue weighted by atomic mass is 9.95. The second-order valence-corrected chi connectivity index (χ2v) is 4.05. The normalized spacial score (nSPS) is 14.9. The number of carbonyl (C=O) groups is 1. The minimum Gasteiger partial charge on any atom is -0.382 e. The van der Waals surface area contributed by atoms with Gasteiger partial charge in [0, 0.05) is 5.88 Å². The smallest absolute Gasteiger partial charge is 0.382 e. The lowest BCUT2D eigenvalue weighted by Crippen LogP contribution is -2.45. The van der Waals surface area contributed by atoms with Gasteiger partial charge in [-0.2, -0.15) is 13.2 Å². The molecule has 7 heteroatoms. The first-order valence-corrected chi connectivity index (χ1v) is 4.74. The van der Waals surface area contributed by atoms with E-state index < -0.39 is 30.1 Å². The van der Waals surface area contributed by atoms with Crippen molar-refractivity contribution in [2.45, 2.75) is 26.1 Å². The minimum absolute atomic E-state index is 0.0129. The van der Waals surface area contributed by atoms with Gasteiger partial charge in [0.2, 0.25) is 5.91 Å². The lowest BCUT2D eigenvalue weighted by Gasteiger charge is -2.22. The van der Waals surface area contributed by atoms with Crippen molar-refractivity contribution in [2.24, 2.45) is 5.41 Å². The van der Waals surface area contributed by atoms with Crippen LogP contribution in [0.3, 0.4) is 0 Å². The Morgan fingerprint density at radius 3 is 2.27 bits per heavy atom. The molecule has 0 saturated heterocycles. The van der Waals surface area contributed by atoms with Gasteiger partial charge in [0.1, 0.15) is 0 Å². The van der Waals surface area contributed by atoms with Crippen LogP contribution in [0.2, 0.25) is 0 Å². The van der Waals surface area contributed by atoms with Gasteiger partial charge in [-0.15, -0.1) is 11.6 Å². The number of alkyl halides is 4. The van der Waals surface area contributed by atoms with E-state index in [2.05, 4.69) is 0 Å². The van der Waals surface area contributed by atoms with Crippen LogP contribution in [0.1, 0.15) is 13.8 Å². The summed E-state index contributed by atoms with van der Waals surface area (Å²) < 4.78 is 35.6. The molecule has 1 atom stereocenters. The summed E-state index contributed by atoms with van der Waals surface area (Å²) in [5.74, 6) is -0.637. The Balaban J connectivity index is 4.13. The first kappa shape index (κ1) is 14.5. The molecule has 0 aromatic rings. The molecule has 1 amide bonds. The number of rotatable bonds is 4. The topological polar surface area (TPSA) is 49.3 Å².